The smallest absolute Gasteiger partial charge is 0.241 e. The first-order valence-corrected chi connectivity index (χ1v) is 13.3. The monoisotopic (exact) mass is 476 g/mol. The summed E-state index contributed by atoms with van der Waals surface area (Å²) in [4.78, 5) is 17.8. The maximum Gasteiger partial charge on any atom is 0.241 e. The van der Waals surface area contributed by atoms with Crippen LogP contribution >= 0.6 is 0 Å². The number of hydrogen-bond donors (Lipinski definition) is 0. The third-order valence-electron chi connectivity index (χ3n) is 6.94. The van der Waals surface area contributed by atoms with Gasteiger partial charge in [0.25, 0.3) is 0 Å². The topological polar surface area (TPSA) is 57.7 Å². The van der Waals surface area contributed by atoms with Gasteiger partial charge in [0.05, 0.1) is 10.9 Å². The summed E-state index contributed by atoms with van der Waals surface area (Å²) in [6.45, 7) is 1.61. The molecule has 1 aliphatic heterocycles. The fraction of sp³-hybridized carbons (Fsp3) is 0.480. The lowest BCUT2D eigenvalue weighted by Crippen LogP contribution is -2.52. The molecule has 0 bridgehead atoms. The van der Waals surface area contributed by atoms with Crippen LogP contribution in [-0.2, 0) is 14.6 Å². The Morgan fingerprint density at radius 1 is 0.970 bits per heavy atom. The summed E-state index contributed by atoms with van der Waals surface area (Å²) in [5, 5.41) is 0. The first-order chi connectivity index (χ1) is 15.7. The number of anilines is 1. The second-order valence-electron chi connectivity index (χ2n) is 9.12. The van der Waals surface area contributed by atoms with E-state index in [9.17, 15) is 22.0 Å². The highest BCUT2D eigenvalue weighted by atomic mass is 32.2. The van der Waals surface area contributed by atoms with Gasteiger partial charge in [-0.1, -0.05) is 36.4 Å². The van der Waals surface area contributed by atoms with Crippen molar-refractivity contribution in [2.75, 3.05) is 30.8 Å². The molecule has 8 heteroatoms. The van der Waals surface area contributed by atoms with E-state index in [1.807, 2.05) is 41.3 Å². The number of carbonyl (C=O) groups is 1. The van der Waals surface area contributed by atoms with E-state index in [0.717, 1.165) is 11.3 Å². The van der Waals surface area contributed by atoms with Crippen LogP contribution in [-0.4, -0.2) is 51.5 Å². The maximum atomic E-state index is 13.5. The van der Waals surface area contributed by atoms with Gasteiger partial charge in [-0.25, -0.2) is 17.2 Å². The average Bonchev–Trinajstić information content (AvgIpc) is 2.83. The number of halogens is 2. The molecule has 178 valence electrons. The van der Waals surface area contributed by atoms with Crippen molar-refractivity contribution in [1.82, 2.24) is 4.90 Å². The molecule has 2 aliphatic rings. The lowest BCUT2D eigenvalue weighted by Gasteiger charge is -2.44. The summed E-state index contributed by atoms with van der Waals surface area (Å²) in [6.07, 6.45) is 0.672. The lowest BCUT2D eigenvalue weighted by atomic mass is 9.81. The highest BCUT2D eigenvalue weighted by Gasteiger charge is 2.37. The number of nitrogens with zero attached hydrogens (tertiary/aromatic N) is 2. The van der Waals surface area contributed by atoms with E-state index < -0.39 is 22.2 Å². The minimum atomic E-state index is -3.32. The van der Waals surface area contributed by atoms with E-state index >= 15 is 0 Å². The Hall–Kier alpha value is -2.48. The fourth-order valence-corrected chi connectivity index (χ4v) is 5.67. The van der Waals surface area contributed by atoms with E-state index in [2.05, 4.69) is 4.90 Å². The predicted molar refractivity (Wildman–Crippen MR) is 124 cm³/mol. The van der Waals surface area contributed by atoms with Crippen molar-refractivity contribution < 1.29 is 22.0 Å². The van der Waals surface area contributed by atoms with Crippen molar-refractivity contribution in [3.05, 3.63) is 60.2 Å². The number of rotatable bonds is 5. The van der Waals surface area contributed by atoms with E-state index in [0.29, 0.717) is 45.3 Å². The van der Waals surface area contributed by atoms with Crippen molar-refractivity contribution in [2.24, 2.45) is 11.8 Å². The van der Waals surface area contributed by atoms with E-state index in [4.69, 9.17) is 0 Å². The van der Waals surface area contributed by atoms with Crippen LogP contribution in [0.5, 0.6) is 0 Å². The molecule has 0 N–H and O–H groups in total. The van der Waals surface area contributed by atoms with Gasteiger partial charge < -0.3 is 9.80 Å². The number of carbonyl (C=O) groups excluding carboxylic acids is 1. The Kier molecular flexibility index (Phi) is 7.02. The summed E-state index contributed by atoms with van der Waals surface area (Å²) in [5.74, 6) is -0.773. The molecule has 0 radical (unpaired) electrons. The van der Waals surface area contributed by atoms with Gasteiger partial charge >= 0.3 is 0 Å². The Morgan fingerprint density at radius 2 is 1.67 bits per heavy atom. The molecule has 4 rings (SSSR count). The zero-order valence-electron chi connectivity index (χ0n) is 18.7. The molecular weight excluding hydrogens is 446 g/mol. The van der Waals surface area contributed by atoms with Gasteiger partial charge in [0.15, 0.2) is 9.84 Å². The highest BCUT2D eigenvalue weighted by Crippen LogP contribution is 2.36. The summed E-state index contributed by atoms with van der Waals surface area (Å²) in [6, 6.07) is 16.5. The Bertz CT molecular complexity index is 1070. The van der Waals surface area contributed by atoms with E-state index in [1.54, 1.807) is 18.2 Å². The van der Waals surface area contributed by atoms with Crippen LogP contribution in [0.3, 0.4) is 0 Å². The molecule has 2 aromatic carbocycles. The lowest BCUT2D eigenvalue weighted by molar-refractivity contribution is -0.140. The molecule has 1 amide bonds. The highest BCUT2D eigenvalue weighted by molar-refractivity contribution is 7.90. The van der Waals surface area contributed by atoms with Crippen molar-refractivity contribution in [3.63, 3.8) is 0 Å². The molecule has 1 atom stereocenters. The van der Waals surface area contributed by atoms with Crippen LogP contribution in [0.15, 0.2) is 59.5 Å². The molecule has 0 aromatic heterocycles. The molecular formula is C25H30F2N2O3S. The summed E-state index contributed by atoms with van der Waals surface area (Å²) in [5.41, 5.74) is 1.82. The van der Waals surface area contributed by atoms with Crippen molar-refractivity contribution in [2.45, 2.75) is 43.0 Å². The van der Waals surface area contributed by atoms with E-state index in [1.165, 1.54) is 6.26 Å². The predicted octanol–water partition coefficient (Wildman–Crippen LogP) is 4.55. The minimum Gasteiger partial charge on any atom is -0.367 e. The molecule has 5 nitrogen and oxygen atoms in total. The number of benzene rings is 2. The largest absolute Gasteiger partial charge is 0.367 e. The second kappa shape index (κ2) is 9.79. The number of sulfone groups is 1. The molecule has 2 aromatic rings. The summed E-state index contributed by atoms with van der Waals surface area (Å²) < 4.78 is 50.1. The molecule has 33 heavy (non-hydrogen) atoms. The van der Waals surface area contributed by atoms with Gasteiger partial charge in [0.1, 0.15) is 0 Å². The summed E-state index contributed by atoms with van der Waals surface area (Å²) in [7, 11) is -3.32. The van der Waals surface area contributed by atoms with Gasteiger partial charge in [-0.15, -0.1) is 0 Å². The number of piperazine rings is 1. The Morgan fingerprint density at radius 3 is 2.30 bits per heavy atom. The summed E-state index contributed by atoms with van der Waals surface area (Å²) >= 11 is 0. The Labute approximate surface area is 194 Å². The van der Waals surface area contributed by atoms with Crippen LogP contribution in [0.2, 0.25) is 0 Å². The van der Waals surface area contributed by atoms with E-state index in [-0.39, 0.29) is 22.8 Å². The Balaban J connectivity index is 1.56. The van der Waals surface area contributed by atoms with Crippen LogP contribution in [0.1, 0.15) is 37.3 Å². The molecule has 1 saturated carbocycles. The fourth-order valence-electron chi connectivity index (χ4n) is 5.01. The number of amides is 1. The molecule has 1 saturated heterocycles. The molecule has 1 heterocycles. The quantitative estimate of drug-likeness (QED) is 0.635. The van der Waals surface area contributed by atoms with Crippen molar-refractivity contribution in [3.8, 4) is 0 Å². The zero-order valence-corrected chi connectivity index (χ0v) is 19.6. The van der Waals surface area contributed by atoms with Crippen molar-refractivity contribution in [1.29, 1.82) is 0 Å². The minimum absolute atomic E-state index is 0.0427. The van der Waals surface area contributed by atoms with Crippen LogP contribution < -0.4 is 4.90 Å². The molecule has 0 spiro atoms. The molecule has 2 fully saturated rings. The first-order valence-electron chi connectivity index (χ1n) is 11.4. The van der Waals surface area contributed by atoms with Gasteiger partial charge in [-0.05, 0) is 49.4 Å². The third kappa shape index (κ3) is 5.37. The van der Waals surface area contributed by atoms with Gasteiger partial charge in [-0.2, -0.15) is 0 Å². The first kappa shape index (κ1) is 23.7. The van der Waals surface area contributed by atoms with Crippen LogP contribution in [0.4, 0.5) is 14.5 Å². The molecule has 0 unspecified atom stereocenters. The van der Waals surface area contributed by atoms with Gasteiger partial charge in [-0.3, -0.25) is 4.79 Å². The number of alkyl halides is 2. The van der Waals surface area contributed by atoms with Gasteiger partial charge in [0, 0.05) is 43.4 Å². The maximum absolute atomic E-state index is 13.5. The molecule has 1 aliphatic carbocycles. The zero-order chi connectivity index (χ0) is 23.6. The normalized spacial score (nSPS) is 24.2. The average molecular weight is 477 g/mol. The van der Waals surface area contributed by atoms with Crippen molar-refractivity contribution >= 4 is 21.4 Å². The SMILES string of the molecule is CS(=O)(=O)c1cccc(N2CCN(C(=O)C3CCC(C(F)F)CC3)[C@@H](c3ccccc3)C2)c1. The van der Waals surface area contributed by atoms with Crippen LogP contribution in [0.25, 0.3) is 0 Å². The van der Waals surface area contributed by atoms with Gasteiger partial charge in [0.2, 0.25) is 12.3 Å². The van der Waals surface area contributed by atoms with Crippen LogP contribution in [0, 0.1) is 11.8 Å². The number of hydrogen-bond acceptors (Lipinski definition) is 4. The third-order valence-corrected chi connectivity index (χ3v) is 8.05. The second-order valence-corrected chi connectivity index (χ2v) is 11.1. The standard InChI is InChI=1S/C25H30F2N2O3S/c1-33(31,32)22-9-5-8-21(16-22)28-14-15-29(23(17-28)18-6-3-2-4-7-18)25(30)20-12-10-19(11-13-20)24(26)27/h2-9,16,19-20,23-24H,10-15,17H2,1H3/t19?,20?,23-/m1/s1.